The van der Waals surface area contributed by atoms with Gasteiger partial charge in [-0.2, -0.15) is 0 Å². The van der Waals surface area contributed by atoms with E-state index in [4.69, 9.17) is 0 Å². The van der Waals surface area contributed by atoms with Gasteiger partial charge in [-0.05, 0) is 41.8 Å². The van der Waals surface area contributed by atoms with E-state index in [-0.39, 0.29) is 11.8 Å². The van der Waals surface area contributed by atoms with Crippen LogP contribution in [0.25, 0.3) is 10.8 Å². The fourth-order valence-electron chi connectivity index (χ4n) is 3.58. The zero-order valence-corrected chi connectivity index (χ0v) is 13.0. The van der Waals surface area contributed by atoms with Crippen molar-refractivity contribution in [2.45, 2.75) is 25.2 Å². The molecule has 0 heterocycles. The third-order valence-corrected chi connectivity index (χ3v) is 4.73. The molecule has 2 heteroatoms. The van der Waals surface area contributed by atoms with Gasteiger partial charge in [0.1, 0.15) is 0 Å². The lowest BCUT2D eigenvalue weighted by atomic mass is 9.82. The number of anilines is 1. The molecule has 3 aromatic carbocycles. The Kier molecular flexibility index (Phi) is 3.58. The highest BCUT2D eigenvalue weighted by Crippen LogP contribution is 2.33. The number of carbonyl (C=O) groups excluding carboxylic acids is 1. The van der Waals surface area contributed by atoms with Gasteiger partial charge in [-0.1, -0.05) is 60.7 Å². The summed E-state index contributed by atoms with van der Waals surface area (Å²) in [6.07, 6.45) is 3.08. The Balaban J connectivity index is 1.66. The number of hydrogen-bond donors (Lipinski definition) is 1. The lowest BCUT2D eigenvalue weighted by Gasteiger charge is -2.24. The van der Waals surface area contributed by atoms with Gasteiger partial charge in [-0.3, -0.25) is 4.79 Å². The molecule has 114 valence electrons. The molecular formula is C21H19NO. The SMILES string of the molecule is O=C(Nc1cccc2ccccc12)C1CCCc2ccccc21. The van der Waals surface area contributed by atoms with Gasteiger partial charge < -0.3 is 5.32 Å². The van der Waals surface area contributed by atoms with Crippen molar-refractivity contribution in [2.75, 3.05) is 5.32 Å². The highest BCUT2D eigenvalue weighted by atomic mass is 16.1. The summed E-state index contributed by atoms with van der Waals surface area (Å²) in [5, 5.41) is 5.39. The van der Waals surface area contributed by atoms with Crippen molar-refractivity contribution < 1.29 is 4.79 Å². The van der Waals surface area contributed by atoms with Crippen LogP contribution in [0.2, 0.25) is 0 Å². The van der Waals surface area contributed by atoms with E-state index in [9.17, 15) is 4.79 Å². The molecule has 2 nitrogen and oxygen atoms in total. The monoisotopic (exact) mass is 301 g/mol. The molecule has 4 rings (SSSR count). The number of amides is 1. The quantitative estimate of drug-likeness (QED) is 0.716. The molecule has 0 saturated carbocycles. The number of carbonyl (C=O) groups is 1. The number of benzene rings is 3. The Morgan fingerprint density at radius 2 is 1.70 bits per heavy atom. The Morgan fingerprint density at radius 3 is 2.65 bits per heavy atom. The van der Waals surface area contributed by atoms with Crippen LogP contribution in [-0.2, 0) is 11.2 Å². The zero-order chi connectivity index (χ0) is 15.6. The number of rotatable bonds is 2. The topological polar surface area (TPSA) is 29.1 Å². The Labute approximate surface area is 136 Å². The molecule has 0 spiro atoms. The summed E-state index contributed by atoms with van der Waals surface area (Å²) in [5.41, 5.74) is 3.41. The second-order valence-corrected chi connectivity index (χ2v) is 6.16. The van der Waals surface area contributed by atoms with Crippen molar-refractivity contribution in [2.24, 2.45) is 0 Å². The van der Waals surface area contributed by atoms with Crippen LogP contribution in [0.1, 0.15) is 29.9 Å². The van der Waals surface area contributed by atoms with Crippen LogP contribution in [-0.4, -0.2) is 5.91 Å². The van der Waals surface area contributed by atoms with Gasteiger partial charge in [0, 0.05) is 11.1 Å². The number of fused-ring (bicyclic) bond motifs is 2. The maximum Gasteiger partial charge on any atom is 0.231 e. The van der Waals surface area contributed by atoms with E-state index < -0.39 is 0 Å². The average Bonchev–Trinajstić information content (AvgIpc) is 2.61. The van der Waals surface area contributed by atoms with E-state index in [1.165, 1.54) is 11.1 Å². The second-order valence-electron chi connectivity index (χ2n) is 6.16. The standard InChI is InChI=1S/C21H19NO/c23-21(19-13-5-9-15-7-1-3-11-17(15)19)22-20-14-6-10-16-8-2-4-12-18(16)20/h1-4,6-8,10-12,14,19H,5,9,13H2,(H,22,23). The molecule has 1 unspecified atom stereocenters. The van der Waals surface area contributed by atoms with Crippen molar-refractivity contribution in [3.8, 4) is 0 Å². The molecule has 1 aliphatic carbocycles. The van der Waals surface area contributed by atoms with Gasteiger partial charge >= 0.3 is 0 Å². The predicted molar refractivity (Wildman–Crippen MR) is 94.7 cm³/mol. The first kappa shape index (κ1) is 14.0. The van der Waals surface area contributed by atoms with Gasteiger partial charge in [0.25, 0.3) is 0 Å². The molecule has 0 aliphatic heterocycles. The lowest BCUT2D eigenvalue weighted by Crippen LogP contribution is -2.24. The zero-order valence-electron chi connectivity index (χ0n) is 13.0. The van der Waals surface area contributed by atoms with E-state index in [0.717, 1.165) is 35.7 Å². The third-order valence-electron chi connectivity index (χ3n) is 4.73. The van der Waals surface area contributed by atoms with Crippen molar-refractivity contribution in [1.82, 2.24) is 0 Å². The van der Waals surface area contributed by atoms with Gasteiger partial charge in [0.05, 0.1) is 5.92 Å². The van der Waals surface area contributed by atoms with E-state index in [1.54, 1.807) is 0 Å². The van der Waals surface area contributed by atoms with E-state index in [1.807, 2.05) is 30.3 Å². The number of nitrogens with one attached hydrogen (secondary N) is 1. The Morgan fingerprint density at radius 1 is 0.913 bits per heavy atom. The summed E-state index contributed by atoms with van der Waals surface area (Å²) < 4.78 is 0. The van der Waals surface area contributed by atoms with Gasteiger partial charge in [-0.15, -0.1) is 0 Å². The number of hydrogen-bond acceptors (Lipinski definition) is 1. The summed E-state index contributed by atoms with van der Waals surface area (Å²) in [6.45, 7) is 0. The fourth-order valence-corrected chi connectivity index (χ4v) is 3.58. The summed E-state index contributed by atoms with van der Waals surface area (Å²) in [4.78, 5) is 12.9. The van der Waals surface area contributed by atoms with Crippen LogP contribution in [0.4, 0.5) is 5.69 Å². The molecule has 0 saturated heterocycles. The third kappa shape index (κ3) is 2.61. The van der Waals surface area contributed by atoms with Crippen LogP contribution in [0.3, 0.4) is 0 Å². The molecule has 1 atom stereocenters. The van der Waals surface area contributed by atoms with Crippen molar-refractivity contribution >= 4 is 22.4 Å². The molecule has 1 N–H and O–H groups in total. The van der Waals surface area contributed by atoms with Crippen LogP contribution in [0, 0.1) is 0 Å². The maximum atomic E-state index is 12.9. The fraction of sp³-hybridized carbons (Fsp3) is 0.190. The minimum Gasteiger partial charge on any atom is -0.325 e. The highest BCUT2D eigenvalue weighted by molar-refractivity contribution is 6.04. The smallest absolute Gasteiger partial charge is 0.231 e. The molecule has 3 aromatic rings. The first-order chi connectivity index (χ1) is 11.3. The minimum absolute atomic E-state index is 0.0427. The summed E-state index contributed by atoms with van der Waals surface area (Å²) in [5.74, 6) is 0.0624. The summed E-state index contributed by atoms with van der Waals surface area (Å²) in [7, 11) is 0. The normalized spacial score (nSPS) is 16.8. The molecule has 0 bridgehead atoms. The van der Waals surface area contributed by atoms with Crippen LogP contribution in [0.5, 0.6) is 0 Å². The van der Waals surface area contributed by atoms with E-state index >= 15 is 0 Å². The lowest BCUT2D eigenvalue weighted by molar-refractivity contribution is -0.117. The van der Waals surface area contributed by atoms with Gasteiger partial charge in [0.15, 0.2) is 0 Å². The molecule has 1 amide bonds. The van der Waals surface area contributed by atoms with Crippen LogP contribution >= 0.6 is 0 Å². The molecule has 23 heavy (non-hydrogen) atoms. The van der Waals surface area contributed by atoms with Gasteiger partial charge in [0.2, 0.25) is 5.91 Å². The Hall–Kier alpha value is -2.61. The molecular weight excluding hydrogens is 282 g/mol. The van der Waals surface area contributed by atoms with Crippen molar-refractivity contribution in [1.29, 1.82) is 0 Å². The summed E-state index contributed by atoms with van der Waals surface area (Å²) >= 11 is 0. The average molecular weight is 301 g/mol. The van der Waals surface area contributed by atoms with Crippen molar-refractivity contribution in [3.05, 3.63) is 77.9 Å². The van der Waals surface area contributed by atoms with Crippen LogP contribution in [0.15, 0.2) is 66.7 Å². The molecule has 1 aliphatic rings. The van der Waals surface area contributed by atoms with E-state index in [2.05, 4.69) is 41.7 Å². The largest absolute Gasteiger partial charge is 0.325 e. The molecule has 0 radical (unpaired) electrons. The highest BCUT2D eigenvalue weighted by Gasteiger charge is 2.26. The van der Waals surface area contributed by atoms with Crippen LogP contribution < -0.4 is 5.32 Å². The Bertz CT molecular complexity index is 863. The predicted octanol–water partition coefficient (Wildman–Crippen LogP) is 4.90. The van der Waals surface area contributed by atoms with E-state index in [0.29, 0.717) is 0 Å². The first-order valence-electron chi connectivity index (χ1n) is 8.19. The number of aryl methyl sites for hydroxylation is 1. The molecule has 0 aromatic heterocycles. The summed E-state index contributed by atoms with van der Waals surface area (Å²) in [6, 6.07) is 22.5. The maximum absolute atomic E-state index is 12.9. The second kappa shape index (κ2) is 5.88. The molecule has 0 fully saturated rings. The first-order valence-corrected chi connectivity index (χ1v) is 8.19. The van der Waals surface area contributed by atoms with Crippen molar-refractivity contribution in [3.63, 3.8) is 0 Å². The minimum atomic E-state index is -0.0427. The van der Waals surface area contributed by atoms with Gasteiger partial charge in [-0.25, -0.2) is 0 Å².